The van der Waals surface area contributed by atoms with E-state index >= 15 is 0 Å². The largest absolute Gasteiger partial charge is 0.505 e. The molecular weight excluding hydrogens is 254 g/mol. The van der Waals surface area contributed by atoms with Crippen molar-refractivity contribution >= 4 is 6.21 Å². The van der Waals surface area contributed by atoms with Gasteiger partial charge in [0.05, 0.1) is 24.0 Å². The molecule has 0 spiro atoms. The first-order valence-electron chi connectivity index (χ1n) is 6.36. The van der Waals surface area contributed by atoms with Gasteiger partial charge < -0.3 is 10.2 Å². The van der Waals surface area contributed by atoms with Crippen molar-refractivity contribution in [1.82, 2.24) is 9.97 Å². The first-order valence-corrected chi connectivity index (χ1v) is 6.36. The lowest BCUT2D eigenvalue weighted by Crippen LogP contribution is -2.00. The smallest absolute Gasteiger partial charge is 0.145 e. The van der Waals surface area contributed by atoms with Gasteiger partial charge in [0.1, 0.15) is 5.75 Å². The molecule has 2 N–H and O–H groups in total. The number of nitrogens with zero attached hydrogens (tertiary/aromatic N) is 3. The van der Waals surface area contributed by atoms with E-state index in [0.717, 1.165) is 5.69 Å². The number of aliphatic hydroxyl groups excluding tert-OH is 1. The average molecular weight is 271 g/mol. The van der Waals surface area contributed by atoms with Gasteiger partial charge >= 0.3 is 0 Å². The molecule has 0 aliphatic rings. The molecule has 0 saturated heterocycles. The van der Waals surface area contributed by atoms with E-state index in [-0.39, 0.29) is 18.4 Å². The second-order valence-corrected chi connectivity index (χ2v) is 4.50. The van der Waals surface area contributed by atoms with Crippen molar-refractivity contribution in [3.8, 4) is 5.75 Å². The Morgan fingerprint density at radius 2 is 2.15 bits per heavy atom. The fraction of sp³-hybridized carbons (Fsp3) is 0.267. The maximum atomic E-state index is 10.0. The van der Waals surface area contributed by atoms with Crippen molar-refractivity contribution in [2.75, 3.05) is 0 Å². The van der Waals surface area contributed by atoms with Crippen LogP contribution in [-0.2, 0) is 6.61 Å². The van der Waals surface area contributed by atoms with Crippen LogP contribution < -0.4 is 0 Å². The van der Waals surface area contributed by atoms with Gasteiger partial charge in [-0.25, -0.2) is 0 Å². The summed E-state index contributed by atoms with van der Waals surface area (Å²) in [6.45, 7) is 3.43. The molecule has 0 aromatic carbocycles. The van der Waals surface area contributed by atoms with Crippen molar-refractivity contribution in [2.45, 2.75) is 26.5 Å². The Balaban J connectivity index is 2.30. The van der Waals surface area contributed by atoms with E-state index in [1.807, 2.05) is 25.1 Å². The number of aliphatic imine (C=N–C) groups is 1. The SMILES string of the molecule is Cc1ncc(CO)c(C=N[C@H](C)c2ccccn2)c1O. The highest BCUT2D eigenvalue weighted by Gasteiger charge is 2.10. The average Bonchev–Trinajstić information content (AvgIpc) is 2.49. The first-order chi connectivity index (χ1) is 9.63. The van der Waals surface area contributed by atoms with Crippen LogP contribution in [0.1, 0.15) is 35.5 Å². The Morgan fingerprint density at radius 3 is 2.80 bits per heavy atom. The Kier molecular flexibility index (Phi) is 4.42. The van der Waals surface area contributed by atoms with Crippen molar-refractivity contribution in [3.05, 3.63) is 53.1 Å². The lowest BCUT2D eigenvalue weighted by Gasteiger charge is -2.09. The number of pyridine rings is 2. The lowest BCUT2D eigenvalue weighted by molar-refractivity contribution is 0.280. The van der Waals surface area contributed by atoms with Crippen LogP contribution in [0.4, 0.5) is 0 Å². The Hall–Kier alpha value is -2.27. The standard InChI is InChI=1S/C15H17N3O2/c1-10(14-5-3-4-6-16-14)18-8-13-12(9-19)7-17-11(2)15(13)20/h3-8,10,19-20H,9H2,1-2H3/t10-/m1/s1. The second kappa shape index (κ2) is 6.25. The summed E-state index contributed by atoms with van der Waals surface area (Å²) in [6.07, 6.45) is 4.82. The van der Waals surface area contributed by atoms with E-state index < -0.39 is 0 Å². The molecule has 1 atom stereocenters. The van der Waals surface area contributed by atoms with Gasteiger partial charge in [-0.2, -0.15) is 0 Å². The molecule has 2 heterocycles. The summed E-state index contributed by atoms with van der Waals surface area (Å²) in [6, 6.07) is 5.52. The van der Waals surface area contributed by atoms with Gasteiger partial charge in [-0.15, -0.1) is 0 Å². The van der Waals surface area contributed by atoms with Crippen LogP contribution in [-0.4, -0.2) is 26.4 Å². The summed E-state index contributed by atoms with van der Waals surface area (Å²) in [7, 11) is 0. The van der Waals surface area contributed by atoms with Crippen molar-refractivity contribution < 1.29 is 10.2 Å². The van der Waals surface area contributed by atoms with Crippen LogP contribution in [0.15, 0.2) is 35.6 Å². The summed E-state index contributed by atoms with van der Waals surface area (Å²) in [5.41, 5.74) is 2.40. The summed E-state index contributed by atoms with van der Waals surface area (Å²) in [4.78, 5) is 12.6. The highest BCUT2D eigenvalue weighted by atomic mass is 16.3. The lowest BCUT2D eigenvalue weighted by atomic mass is 10.1. The molecule has 2 aromatic heterocycles. The normalized spacial score (nSPS) is 12.8. The van der Waals surface area contributed by atoms with E-state index in [2.05, 4.69) is 15.0 Å². The first kappa shape index (κ1) is 14.1. The topological polar surface area (TPSA) is 78.6 Å². The number of hydrogen-bond acceptors (Lipinski definition) is 5. The number of aliphatic hydroxyl groups is 1. The molecular formula is C15H17N3O2. The van der Waals surface area contributed by atoms with Crippen LogP contribution in [0.2, 0.25) is 0 Å². The zero-order chi connectivity index (χ0) is 14.5. The van der Waals surface area contributed by atoms with Crippen LogP contribution in [0.5, 0.6) is 5.75 Å². The number of hydrogen-bond donors (Lipinski definition) is 2. The molecule has 2 rings (SSSR count). The van der Waals surface area contributed by atoms with Crippen LogP contribution in [0, 0.1) is 6.92 Å². The van der Waals surface area contributed by atoms with Gasteiger partial charge in [0.2, 0.25) is 0 Å². The molecule has 2 aromatic rings. The summed E-state index contributed by atoms with van der Waals surface area (Å²) >= 11 is 0. The summed E-state index contributed by atoms with van der Waals surface area (Å²) in [5.74, 6) is 0.0496. The highest BCUT2D eigenvalue weighted by molar-refractivity contribution is 5.85. The number of aryl methyl sites for hydroxylation is 1. The summed E-state index contributed by atoms with van der Waals surface area (Å²) in [5, 5.41) is 19.3. The minimum Gasteiger partial charge on any atom is -0.505 e. The van der Waals surface area contributed by atoms with Gasteiger partial charge in [-0.05, 0) is 26.0 Å². The molecule has 0 bridgehead atoms. The minimum atomic E-state index is -0.194. The molecule has 5 nitrogen and oxygen atoms in total. The molecule has 20 heavy (non-hydrogen) atoms. The van der Waals surface area contributed by atoms with Gasteiger partial charge in [-0.1, -0.05) is 6.07 Å². The molecule has 0 amide bonds. The second-order valence-electron chi connectivity index (χ2n) is 4.50. The van der Waals surface area contributed by atoms with Crippen molar-refractivity contribution in [1.29, 1.82) is 0 Å². The third-order valence-corrected chi connectivity index (χ3v) is 3.07. The molecule has 0 saturated carbocycles. The maximum absolute atomic E-state index is 10.0. The summed E-state index contributed by atoms with van der Waals surface area (Å²) < 4.78 is 0. The zero-order valence-corrected chi connectivity index (χ0v) is 11.5. The zero-order valence-electron chi connectivity index (χ0n) is 11.5. The van der Waals surface area contributed by atoms with Gasteiger partial charge in [0, 0.05) is 29.7 Å². The minimum absolute atomic E-state index is 0.0496. The molecule has 5 heteroatoms. The molecule has 0 fully saturated rings. The van der Waals surface area contributed by atoms with Gasteiger partial charge in [0.25, 0.3) is 0 Å². The monoisotopic (exact) mass is 271 g/mol. The fourth-order valence-electron chi connectivity index (χ4n) is 1.81. The predicted octanol–water partition coefficient (Wildman–Crippen LogP) is 2.16. The quantitative estimate of drug-likeness (QED) is 0.835. The van der Waals surface area contributed by atoms with Crippen molar-refractivity contribution in [2.24, 2.45) is 4.99 Å². The molecule has 0 aliphatic heterocycles. The highest BCUT2D eigenvalue weighted by Crippen LogP contribution is 2.23. The van der Waals surface area contributed by atoms with E-state index in [1.165, 1.54) is 0 Å². The molecule has 0 aliphatic carbocycles. The Morgan fingerprint density at radius 1 is 1.35 bits per heavy atom. The van der Waals surface area contributed by atoms with Gasteiger partial charge in [-0.3, -0.25) is 15.0 Å². The van der Waals surface area contributed by atoms with E-state index in [9.17, 15) is 10.2 Å². The number of aromatic hydroxyl groups is 1. The van der Waals surface area contributed by atoms with E-state index in [4.69, 9.17) is 0 Å². The van der Waals surface area contributed by atoms with E-state index in [0.29, 0.717) is 16.8 Å². The third-order valence-electron chi connectivity index (χ3n) is 3.07. The Labute approximate surface area is 117 Å². The van der Waals surface area contributed by atoms with Gasteiger partial charge in [0.15, 0.2) is 0 Å². The van der Waals surface area contributed by atoms with Crippen LogP contribution in [0.25, 0.3) is 0 Å². The third kappa shape index (κ3) is 3.00. The molecule has 0 unspecified atom stereocenters. The molecule has 104 valence electrons. The Bertz CT molecular complexity index is 612. The number of rotatable bonds is 4. The van der Waals surface area contributed by atoms with Crippen LogP contribution in [0.3, 0.4) is 0 Å². The number of aromatic nitrogens is 2. The predicted molar refractivity (Wildman–Crippen MR) is 76.8 cm³/mol. The van der Waals surface area contributed by atoms with Crippen molar-refractivity contribution in [3.63, 3.8) is 0 Å². The van der Waals surface area contributed by atoms with E-state index in [1.54, 1.807) is 25.5 Å². The molecule has 0 radical (unpaired) electrons. The fourth-order valence-corrected chi connectivity index (χ4v) is 1.81. The maximum Gasteiger partial charge on any atom is 0.145 e. The van der Waals surface area contributed by atoms with Crippen LogP contribution >= 0.6 is 0 Å².